The first-order chi connectivity index (χ1) is 12.5. The molecule has 2 aromatic carbocycles. The molecule has 3 rings (SSSR count). The number of carbonyl (C=O) groups is 1. The van der Waals surface area contributed by atoms with Crippen LogP contribution in [0.1, 0.15) is 17.2 Å². The lowest BCUT2D eigenvalue weighted by Crippen LogP contribution is -2.35. The van der Waals surface area contributed by atoms with Gasteiger partial charge in [0.25, 0.3) is 0 Å². The Kier molecular flexibility index (Phi) is 5.91. The molecule has 0 fully saturated rings. The molecular weight excluding hydrogens is 371 g/mol. The number of rotatable bonds is 6. The molecule has 1 amide bonds. The molecule has 136 valence electrons. The SMILES string of the molecule is CN(C)[C@@H](CNC(=O)Cc1c(F)cccc1Cl)c1csc2ccccc12. The van der Waals surface area contributed by atoms with Gasteiger partial charge in [0.15, 0.2) is 0 Å². The molecule has 1 atom stereocenters. The Morgan fingerprint density at radius 3 is 2.73 bits per heavy atom. The van der Waals surface area contributed by atoms with Gasteiger partial charge in [-0.25, -0.2) is 4.39 Å². The van der Waals surface area contributed by atoms with Gasteiger partial charge in [-0.2, -0.15) is 0 Å². The fourth-order valence-electron chi connectivity index (χ4n) is 2.96. The lowest BCUT2D eigenvalue weighted by atomic mass is 10.0. The van der Waals surface area contributed by atoms with Gasteiger partial charge >= 0.3 is 0 Å². The third-order valence-corrected chi connectivity index (χ3v) is 5.72. The maximum atomic E-state index is 13.9. The van der Waals surface area contributed by atoms with Gasteiger partial charge in [-0.3, -0.25) is 4.79 Å². The van der Waals surface area contributed by atoms with Crippen LogP contribution in [0.4, 0.5) is 4.39 Å². The van der Waals surface area contributed by atoms with Crippen LogP contribution < -0.4 is 5.32 Å². The fourth-order valence-corrected chi connectivity index (χ4v) is 4.20. The van der Waals surface area contributed by atoms with Crippen LogP contribution in [0, 0.1) is 5.82 Å². The van der Waals surface area contributed by atoms with Gasteiger partial charge in [0, 0.05) is 21.8 Å². The number of benzene rings is 2. The molecule has 0 saturated heterocycles. The third kappa shape index (κ3) is 4.06. The summed E-state index contributed by atoms with van der Waals surface area (Å²) in [6.07, 6.45) is -0.0734. The number of halogens is 2. The smallest absolute Gasteiger partial charge is 0.224 e. The van der Waals surface area contributed by atoms with Crippen molar-refractivity contribution in [2.45, 2.75) is 12.5 Å². The van der Waals surface area contributed by atoms with E-state index in [1.165, 1.54) is 27.8 Å². The van der Waals surface area contributed by atoms with E-state index in [1.54, 1.807) is 17.4 Å². The first kappa shape index (κ1) is 18.8. The van der Waals surface area contributed by atoms with Crippen LogP contribution in [-0.2, 0) is 11.2 Å². The average Bonchev–Trinajstić information content (AvgIpc) is 3.02. The third-order valence-electron chi connectivity index (χ3n) is 4.38. The number of nitrogens with one attached hydrogen (secondary N) is 1. The summed E-state index contributed by atoms with van der Waals surface area (Å²) in [5, 5.41) is 6.52. The fraction of sp³-hybridized carbons (Fsp3) is 0.250. The van der Waals surface area contributed by atoms with Crippen LogP contribution in [-0.4, -0.2) is 31.4 Å². The first-order valence-electron chi connectivity index (χ1n) is 8.29. The highest BCUT2D eigenvalue weighted by molar-refractivity contribution is 7.17. The molecule has 26 heavy (non-hydrogen) atoms. The molecule has 3 nitrogen and oxygen atoms in total. The molecule has 0 unspecified atom stereocenters. The van der Waals surface area contributed by atoms with E-state index in [0.717, 1.165) is 0 Å². The van der Waals surface area contributed by atoms with Crippen LogP contribution >= 0.6 is 22.9 Å². The summed E-state index contributed by atoms with van der Waals surface area (Å²) in [6, 6.07) is 12.7. The zero-order valence-electron chi connectivity index (χ0n) is 14.6. The maximum Gasteiger partial charge on any atom is 0.224 e. The Balaban J connectivity index is 1.72. The molecule has 1 aromatic heterocycles. The molecule has 0 bridgehead atoms. The Morgan fingerprint density at radius 2 is 2.00 bits per heavy atom. The van der Waals surface area contributed by atoms with E-state index < -0.39 is 5.82 Å². The minimum atomic E-state index is -0.458. The van der Waals surface area contributed by atoms with Gasteiger partial charge in [-0.1, -0.05) is 35.9 Å². The quantitative estimate of drug-likeness (QED) is 0.664. The second-order valence-electron chi connectivity index (χ2n) is 6.35. The number of thiophene rings is 1. The number of fused-ring (bicyclic) bond motifs is 1. The summed E-state index contributed by atoms with van der Waals surface area (Å²) in [7, 11) is 3.97. The predicted molar refractivity (Wildman–Crippen MR) is 106 cm³/mol. The molecule has 1 heterocycles. The summed E-state index contributed by atoms with van der Waals surface area (Å²) in [4.78, 5) is 14.4. The highest BCUT2D eigenvalue weighted by Crippen LogP contribution is 2.32. The van der Waals surface area contributed by atoms with Gasteiger partial charge in [-0.15, -0.1) is 11.3 Å². The maximum absolute atomic E-state index is 13.9. The number of hydrogen-bond acceptors (Lipinski definition) is 3. The van der Waals surface area contributed by atoms with Gasteiger partial charge in [0.1, 0.15) is 5.82 Å². The molecular formula is C20H20ClFN2OS. The highest BCUT2D eigenvalue weighted by Gasteiger charge is 2.20. The number of likely N-dealkylation sites (N-methyl/N-ethyl adjacent to an activating group) is 1. The van der Waals surface area contributed by atoms with Crippen LogP contribution in [0.5, 0.6) is 0 Å². The summed E-state index contributed by atoms with van der Waals surface area (Å²) >= 11 is 7.70. The van der Waals surface area contributed by atoms with Crippen molar-refractivity contribution in [3.8, 4) is 0 Å². The van der Waals surface area contributed by atoms with E-state index in [-0.39, 0.29) is 29.0 Å². The normalized spacial score (nSPS) is 12.5. The average molecular weight is 391 g/mol. The Labute approximate surface area is 161 Å². The standard InChI is InChI=1S/C20H20ClFN2OS/c1-24(2)18(15-12-26-19-9-4-3-6-13(15)19)11-23-20(25)10-14-16(21)7-5-8-17(14)22/h3-9,12,18H,10-11H2,1-2H3,(H,23,25)/t18-/m0/s1. The van der Waals surface area contributed by atoms with Gasteiger partial charge in [-0.05, 0) is 48.6 Å². The van der Waals surface area contributed by atoms with Crippen molar-refractivity contribution in [2.75, 3.05) is 20.6 Å². The van der Waals surface area contributed by atoms with E-state index in [9.17, 15) is 9.18 Å². The Morgan fingerprint density at radius 1 is 1.23 bits per heavy atom. The van der Waals surface area contributed by atoms with Crippen molar-refractivity contribution in [3.05, 3.63) is 69.8 Å². The molecule has 1 N–H and O–H groups in total. The van der Waals surface area contributed by atoms with Gasteiger partial charge in [0.2, 0.25) is 5.91 Å². The predicted octanol–water partition coefficient (Wildman–Crippen LogP) is 4.66. The van der Waals surface area contributed by atoms with Crippen molar-refractivity contribution >= 4 is 38.9 Å². The van der Waals surface area contributed by atoms with Crippen LogP contribution in [0.15, 0.2) is 47.8 Å². The Hall–Kier alpha value is -1.95. The van der Waals surface area contributed by atoms with E-state index in [4.69, 9.17) is 11.6 Å². The number of amides is 1. The Bertz CT molecular complexity index is 905. The van der Waals surface area contributed by atoms with Gasteiger partial charge in [0.05, 0.1) is 12.5 Å². The molecule has 0 radical (unpaired) electrons. The number of hydrogen-bond donors (Lipinski definition) is 1. The molecule has 0 aliphatic heterocycles. The van der Waals surface area contributed by atoms with E-state index >= 15 is 0 Å². The second kappa shape index (κ2) is 8.16. The van der Waals surface area contributed by atoms with E-state index in [0.29, 0.717) is 6.54 Å². The van der Waals surface area contributed by atoms with Crippen molar-refractivity contribution < 1.29 is 9.18 Å². The molecule has 3 aromatic rings. The summed E-state index contributed by atoms with van der Waals surface area (Å²) < 4.78 is 15.1. The molecule has 0 aliphatic carbocycles. The minimum Gasteiger partial charge on any atom is -0.354 e. The lowest BCUT2D eigenvalue weighted by Gasteiger charge is -2.24. The minimum absolute atomic E-state index is 0.0335. The van der Waals surface area contributed by atoms with Crippen LogP contribution in [0.25, 0.3) is 10.1 Å². The lowest BCUT2D eigenvalue weighted by molar-refractivity contribution is -0.120. The monoisotopic (exact) mass is 390 g/mol. The largest absolute Gasteiger partial charge is 0.354 e. The number of nitrogens with zero attached hydrogens (tertiary/aromatic N) is 1. The van der Waals surface area contributed by atoms with Crippen molar-refractivity contribution in [3.63, 3.8) is 0 Å². The number of carbonyl (C=O) groups excluding carboxylic acids is 1. The van der Waals surface area contributed by atoms with Crippen molar-refractivity contribution in [2.24, 2.45) is 0 Å². The van der Waals surface area contributed by atoms with Crippen molar-refractivity contribution in [1.82, 2.24) is 10.2 Å². The summed E-state index contributed by atoms with van der Waals surface area (Å²) in [5.41, 5.74) is 1.41. The molecule has 0 aliphatic rings. The van der Waals surface area contributed by atoms with Crippen LogP contribution in [0.3, 0.4) is 0 Å². The molecule has 6 heteroatoms. The van der Waals surface area contributed by atoms with Gasteiger partial charge < -0.3 is 10.2 Å². The molecule has 0 spiro atoms. The molecule has 0 saturated carbocycles. The van der Waals surface area contributed by atoms with Crippen molar-refractivity contribution in [1.29, 1.82) is 0 Å². The first-order valence-corrected chi connectivity index (χ1v) is 9.55. The topological polar surface area (TPSA) is 32.3 Å². The highest BCUT2D eigenvalue weighted by atomic mass is 35.5. The van der Waals surface area contributed by atoms with E-state index in [2.05, 4.69) is 27.7 Å². The zero-order chi connectivity index (χ0) is 18.7. The zero-order valence-corrected chi connectivity index (χ0v) is 16.2. The van der Waals surface area contributed by atoms with E-state index in [1.807, 2.05) is 26.2 Å². The van der Waals surface area contributed by atoms with Crippen LogP contribution in [0.2, 0.25) is 5.02 Å². The summed E-state index contributed by atoms with van der Waals surface area (Å²) in [5.74, 6) is -0.705. The summed E-state index contributed by atoms with van der Waals surface area (Å²) in [6.45, 7) is 0.443. The second-order valence-corrected chi connectivity index (χ2v) is 7.67.